The van der Waals surface area contributed by atoms with E-state index < -0.39 is 0 Å². The van der Waals surface area contributed by atoms with Gasteiger partial charge in [-0.15, -0.1) is 11.3 Å². The van der Waals surface area contributed by atoms with Crippen molar-refractivity contribution < 1.29 is 0 Å². The van der Waals surface area contributed by atoms with E-state index in [0.29, 0.717) is 11.5 Å². The Balaban J connectivity index is 1.52. The van der Waals surface area contributed by atoms with Crippen LogP contribution in [-0.2, 0) is 0 Å². The first-order valence-corrected chi connectivity index (χ1v) is 10.1. The number of hydrogen-bond donors (Lipinski definition) is 2. The number of H-pyrrole nitrogens is 2. The van der Waals surface area contributed by atoms with Gasteiger partial charge in [0.25, 0.3) is 0 Å². The van der Waals surface area contributed by atoms with Gasteiger partial charge in [0.1, 0.15) is 17.4 Å². The van der Waals surface area contributed by atoms with E-state index in [4.69, 9.17) is 9.97 Å². The van der Waals surface area contributed by atoms with Gasteiger partial charge in [-0.25, -0.2) is 19.9 Å². The van der Waals surface area contributed by atoms with Crippen LogP contribution in [0.15, 0.2) is 55.4 Å². The van der Waals surface area contributed by atoms with Gasteiger partial charge in [-0.3, -0.25) is 10.1 Å². The van der Waals surface area contributed by atoms with E-state index in [1.165, 1.54) is 11.2 Å². The Kier molecular flexibility index (Phi) is 3.68. The van der Waals surface area contributed by atoms with Gasteiger partial charge in [0.05, 0.1) is 22.9 Å². The predicted octanol–water partition coefficient (Wildman–Crippen LogP) is 4.39. The highest BCUT2D eigenvalue weighted by Crippen LogP contribution is 2.34. The van der Waals surface area contributed by atoms with Crippen molar-refractivity contribution in [3.05, 3.63) is 60.3 Å². The summed E-state index contributed by atoms with van der Waals surface area (Å²) in [6.45, 7) is 2.09. The molecule has 8 nitrogen and oxygen atoms in total. The molecule has 0 saturated heterocycles. The van der Waals surface area contributed by atoms with Crippen LogP contribution in [0.2, 0.25) is 0 Å². The molecule has 144 valence electrons. The van der Waals surface area contributed by atoms with Crippen molar-refractivity contribution in [3.63, 3.8) is 0 Å². The summed E-state index contributed by atoms with van der Waals surface area (Å²) in [4.78, 5) is 27.9. The van der Waals surface area contributed by atoms with Crippen LogP contribution in [0, 0.1) is 6.92 Å². The summed E-state index contributed by atoms with van der Waals surface area (Å²) in [5.74, 6) is 0.646. The van der Waals surface area contributed by atoms with E-state index in [2.05, 4.69) is 49.2 Å². The number of imidazole rings is 1. The van der Waals surface area contributed by atoms with Crippen molar-refractivity contribution in [3.8, 4) is 33.2 Å². The second-order valence-electron chi connectivity index (χ2n) is 6.87. The van der Waals surface area contributed by atoms with Gasteiger partial charge in [0, 0.05) is 39.5 Å². The molecule has 0 saturated carbocycles. The van der Waals surface area contributed by atoms with Crippen LogP contribution in [0.25, 0.3) is 55.3 Å². The molecule has 6 rings (SSSR count). The lowest BCUT2D eigenvalue weighted by Gasteiger charge is -2.00. The molecule has 6 heterocycles. The summed E-state index contributed by atoms with van der Waals surface area (Å²) in [5, 5.41) is 7.51. The average Bonchev–Trinajstić information content (AvgIpc) is 3.51. The Morgan fingerprint density at radius 2 is 1.73 bits per heavy atom. The summed E-state index contributed by atoms with van der Waals surface area (Å²) >= 11 is 1.72. The van der Waals surface area contributed by atoms with E-state index in [-0.39, 0.29) is 0 Å². The molecule has 0 aromatic carbocycles. The van der Waals surface area contributed by atoms with Gasteiger partial charge in [-0.1, -0.05) is 0 Å². The van der Waals surface area contributed by atoms with Gasteiger partial charge in [-0.05, 0) is 31.2 Å². The van der Waals surface area contributed by atoms with Crippen molar-refractivity contribution >= 4 is 33.4 Å². The van der Waals surface area contributed by atoms with E-state index in [0.717, 1.165) is 43.8 Å². The minimum atomic E-state index is 0.646. The number of aryl methyl sites for hydroxylation is 1. The third-order valence-corrected chi connectivity index (χ3v) is 5.92. The first-order valence-electron chi connectivity index (χ1n) is 9.28. The topological polar surface area (TPSA) is 109 Å². The first kappa shape index (κ1) is 16.9. The van der Waals surface area contributed by atoms with Crippen LogP contribution in [0.1, 0.15) is 4.88 Å². The zero-order valence-corrected chi connectivity index (χ0v) is 16.6. The number of thiophene rings is 1. The number of nitrogens with zero attached hydrogens (tertiary/aromatic N) is 6. The van der Waals surface area contributed by atoms with Crippen molar-refractivity contribution in [1.82, 2.24) is 40.1 Å². The number of nitrogens with one attached hydrogen (secondary N) is 2. The fourth-order valence-corrected chi connectivity index (χ4v) is 4.34. The summed E-state index contributed by atoms with van der Waals surface area (Å²) in [7, 11) is 0. The van der Waals surface area contributed by atoms with E-state index >= 15 is 0 Å². The largest absolute Gasteiger partial charge is 0.335 e. The highest BCUT2D eigenvalue weighted by atomic mass is 32.1. The van der Waals surface area contributed by atoms with Crippen LogP contribution < -0.4 is 0 Å². The molecule has 30 heavy (non-hydrogen) atoms. The third-order valence-electron chi connectivity index (χ3n) is 4.89. The Morgan fingerprint density at radius 3 is 2.57 bits per heavy atom. The molecule has 0 radical (unpaired) electrons. The summed E-state index contributed by atoms with van der Waals surface area (Å²) in [5.41, 5.74) is 6.57. The SMILES string of the molecule is Cc1ccc(-c2cncc3[nH]c(-c4n[nH]c5ccc(-c6cncnc6)nc45)nc23)s1. The van der Waals surface area contributed by atoms with Crippen LogP contribution in [-0.4, -0.2) is 40.1 Å². The molecule has 0 aliphatic carbocycles. The molecular formula is C21H14N8S. The summed E-state index contributed by atoms with van der Waals surface area (Å²) in [6.07, 6.45) is 8.62. The Labute approximate surface area is 174 Å². The molecule has 0 fully saturated rings. The molecule has 0 aliphatic rings. The Bertz CT molecular complexity index is 1510. The van der Waals surface area contributed by atoms with Crippen molar-refractivity contribution in [2.75, 3.05) is 0 Å². The van der Waals surface area contributed by atoms with E-state index in [1.807, 2.05) is 18.3 Å². The number of rotatable bonds is 3. The lowest BCUT2D eigenvalue weighted by Crippen LogP contribution is -1.88. The normalized spacial score (nSPS) is 11.5. The molecule has 0 bridgehead atoms. The van der Waals surface area contributed by atoms with Crippen LogP contribution in [0.4, 0.5) is 0 Å². The molecule has 0 amide bonds. The highest BCUT2D eigenvalue weighted by Gasteiger charge is 2.17. The summed E-state index contributed by atoms with van der Waals surface area (Å²) < 4.78 is 0. The van der Waals surface area contributed by atoms with E-state index in [1.54, 1.807) is 29.9 Å². The second kappa shape index (κ2) is 6.53. The molecule has 0 spiro atoms. The molecular weight excluding hydrogens is 396 g/mol. The maximum atomic E-state index is 4.86. The van der Waals surface area contributed by atoms with Gasteiger partial charge >= 0.3 is 0 Å². The smallest absolute Gasteiger partial charge is 0.161 e. The van der Waals surface area contributed by atoms with Gasteiger partial charge in [0.15, 0.2) is 11.5 Å². The van der Waals surface area contributed by atoms with E-state index in [9.17, 15) is 0 Å². The predicted molar refractivity (Wildman–Crippen MR) is 116 cm³/mol. The first-order chi connectivity index (χ1) is 14.8. The third kappa shape index (κ3) is 2.67. The molecule has 2 N–H and O–H groups in total. The zero-order valence-electron chi connectivity index (χ0n) is 15.8. The summed E-state index contributed by atoms with van der Waals surface area (Å²) in [6, 6.07) is 8.07. The number of aromatic nitrogens is 8. The minimum Gasteiger partial charge on any atom is -0.335 e. The van der Waals surface area contributed by atoms with Gasteiger partial charge in [-0.2, -0.15) is 5.10 Å². The molecule has 0 unspecified atom stereocenters. The molecule has 6 aromatic rings. The lowest BCUT2D eigenvalue weighted by molar-refractivity contribution is 1.10. The van der Waals surface area contributed by atoms with Crippen molar-refractivity contribution in [1.29, 1.82) is 0 Å². The van der Waals surface area contributed by atoms with Crippen LogP contribution in [0.5, 0.6) is 0 Å². The Morgan fingerprint density at radius 1 is 0.833 bits per heavy atom. The fourth-order valence-electron chi connectivity index (χ4n) is 3.46. The highest BCUT2D eigenvalue weighted by molar-refractivity contribution is 7.15. The Hall–Kier alpha value is -3.98. The molecule has 6 aromatic heterocycles. The fraction of sp³-hybridized carbons (Fsp3) is 0.0476. The number of hydrogen-bond acceptors (Lipinski definition) is 7. The second-order valence-corrected chi connectivity index (χ2v) is 8.16. The van der Waals surface area contributed by atoms with Crippen molar-refractivity contribution in [2.45, 2.75) is 6.92 Å². The number of fused-ring (bicyclic) bond motifs is 2. The number of aromatic amines is 2. The molecule has 9 heteroatoms. The number of pyridine rings is 2. The maximum Gasteiger partial charge on any atom is 0.161 e. The minimum absolute atomic E-state index is 0.646. The molecule has 0 atom stereocenters. The average molecular weight is 410 g/mol. The van der Waals surface area contributed by atoms with Gasteiger partial charge in [0.2, 0.25) is 0 Å². The zero-order chi connectivity index (χ0) is 20.1. The van der Waals surface area contributed by atoms with Crippen LogP contribution in [0.3, 0.4) is 0 Å². The van der Waals surface area contributed by atoms with Crippen molar-refractivity contribution in [2.24, 2.45) is 0 Å². The van der Waals surface area contributed by atoms with Gasteiger partial charge < -0.3 is 4.98 Å². The molecule has 0 aliphatic heterocycles. The van der Waals surface area contributed by atoms with Crippen LogP contribution >= 0.6 is 11.3 Å². The lowest BCUT2D eigenvalue weighted by atomic mass is 10.2. The monoisotopic (exact) mass is 410 g/mol. The maximum absolute atomic E-state index is 4.86. The quantitative estimate of drug-likeness (QED) is 0.448. The standard InChI is InChI=1S/C21H14N8S/c1-11-2-5-17(30-11)13-8-22-9-16-18(13)27-21(26-16)20-19-15(28-29-20)4-3-14(25-19)12-6-23-10-24-7-12/h2-10H,1H3,(H,26,27)(H,28,29).